The van der Waals surface area contributed by atoms with E-state index < -0.39 is 28.3 Å². The van der Waals surface area contributed by atoms with Crippen LogP contribution in [0, 0.1) is 5.82 Å². The van der Waals surface area contributed by atoms with E-state index in [1.807, 2.05) is 0 Å². The molecule has 0 bridgehead atoms. The molecule has 2 aromatic carbocycles. The largest absolute Gasteiger partial charge is 0.495 e. The molecule has 0 atom stereocenters. The average molecular weight is 431 g/mol. The second-order valence-corrected chi connectivity index (χ2v) is 7.94. The van der Waals surface area contributed by atoms with Crippen LogP contribution in [-0.2, 0) is 14.8 Å². The number of ether oxygens (including phenoxy) is 2. The van der Waals surface area contributed by atoms with Crippen molar-refractivity contribution in [3.8, 4) is 11.5 Å². The lowest BCUT2D eigenvalue weighted by Crippen LogP contribution is -2.38. The first-order chi connectivity index (χ1) is 13.2. The highest BCUT2D eigenvalue weighted by Gasteiger charge is 2.29. The SMILES string of the molecule is CCN(CC(=O)Nc1ccc(OC)c(Cl)c1)S(=O)(=O)c1cc(F)ccc1OC. The van der Waals surface area contributed by atoms with Crippen molar-refractivity contribution in [1.29, 1.82) is 0 Å². The average Bonchev–Trinajstić information content (AvgIpc) is 2.66. The van der Waals surface area contributed by atoms with E-state index in [1.54, 1.807) is 19.1 Å². The third-order valence-corrected chi connectivity index (χ3v) is 6.09. The molecule has 0 aliphatic rings. The van der Waals surface area contributed by atoms with E-state index in [1.165, 1.54) is 26.4 Å². The van der Waals surface area contributed by atoms with Crippen molar-refractivity contribution in [2.75, 3.05) is 32.6 Å². The quantitative estimate of drug-likeness (QED) is 0.695. The molecule has 1 N–H and O–H groups in total. The van der Waals surface area contributed by atoms with Crippen LogP contribution in [0.25, 0.3) is 0 Å². The molecule has 0 spiro atoms. The number of hydrogen-bond acceptors (Lipinski definition) is 5. The summed E-state index contributed by atoms with van der Waals surface area (Å²) in [6, 6.07) is 7.80. The van der Waals surface area contributed by atoms with Gasteiger partial charge in [0.2, 0.25) is 15.9 Å². The Morgan fingerprint density at radius 2 is 1.79 bits per heavy atom. The molecule has 2 aromatic rings. The molecule has 28 heavy (non-hydrogen) atoms. The summed E-state index contributed by atoms with van der Waals surface area (Å²) in [5.41, 5.74) is 0.382. The number of hydrogen-bond donors (Lipinski definition) is 1. The van der Waals surface area contributed by atoms with E-state index in [0.29, 0.717) is 16.5 Å². The van der Waals surface area contributed by atoms with Gasteiger partial charge in [0.05, 0.1) is 25.8 Å². The fourth-order valence-electron chi connectivity index (χ4n) is 2.46. The Kier molecular flexibility index (Phi) is 7.22. The van der Waals surface area contributed by atoms with E-state index in [4.69, 9.17) is 21.1 Å². The maximum atomic E-state index is 13.6. The normalized spacial score (nSPS) is 11.4. The maximum Gasteiger partial charge on any atom is 0.247 e. The maximum absolute atomic E-state index is 13.6. The second-order valence-electron chi connectivity index (χ2n) is 5.62. The van der Waals surface area contributed by atoms with Crippen LogP contribution in [0.15, 0.2) is 41.3 Å². The molecule has 0 aliphatic carbocycles. The smallest absolute Gasteiger partial charge is 0.247 e. The Hall–Kier alpha value is -2.36. The Bertz CT molecular complexity index is 968. The van der Waals surface area contributed by atoms with Crippen molar-refractivity contribution >= 4 is 33.2 Å². The van der Waals surface area contributed by atoms with Gasteiger partial charge in [-0.25, -0.2) is 12.8 Å². The van der Waals surface area contributed by atoms with Gasteiger partial charge < -0.3 is 14.8 Å². The van der Waals surface area contributed by atoms with Crippen molar-refractivity contribution in [1.82, 2.24) is 4.31 Å². The lowest BCUT2D eigenvalue weighted by molar-refractivity contribution is -0.116. The molecule has 152 valence electrons. The molecule has 0 aromatic heterocycles. The number of nitrogens with zero attached hydrogens (tertiary/aromatic N) is 1. The van der Waals surface area contributed by atoms with Crippen molar-refractivity contribution in [2.45, 2.75) is 11.8 Å². The van der Waals surface area contributed by atoms with Crippen molar-refractivity contribution in [3.05, 3.63) is 47.2 Å². The topological polar surface area (TPSA) is 84.9 Å². The predicted octanol–water partition coefficient (Wildman–Crippen LogP) is 3.15. The highest BCUT2D eigenvalue weighted by molar-refractivity contribution is 7.89. The predicted molar refractivity (Wildman–Crippen MR) is 104 cm³/mol. The number of sulfonamides is 1. The van der Waals surface area contributed by atoms with Crippen LogP contribution in [0.5, 0.6) is 11.5 Å². The van der Waals surface area contributed by atoms with E-state index in [2.05, 4.69) is 5.32 Å². The van der Waals surface area contributed by atoms with Gasteiger partial charge in [0.15, 0.2) is 0 Å². The van der Waals surface area contributed by atoms with Crippen LogP contribution in [0.2, 0.25) is 5.02 Å². The Morgan fingerprint density at radius 1 is 1.14 bits per heavy atom. The summed E-state index contributed by atoms with van der Waals surface area (Å²) < 4.78 is 50.3. The van der Waals surface area contributed by atoms with E-state index in [9.17, 15) is 17.6 Å². The number of carbonyl (C=O) groups excluding carboxylic acids is 1. The van der Waals surface area contributed by atoms with Crippen LogP contribution >= 0.6 is 11.6 Å². The molecule has 0 fully saturated rings. The van der Waals surface area contributed by atoms with Gasteiger partial charge in [0.25, 0.3) is 0 Å². The van der Waals surface area contributed by atoms with Crippen LogP contribution in [0.3, 0.4) is 0 Å². The second kappa shape index (κ2) is 9.22. The third-order valence-electron chi connectivity index (χ3n) is 3.85. The van der Waals surface area contributed by atoms with Gasteiger partial charge in [0, 0.05) is 12.2 Å². The summed E-state index contributed by atoms with van der Waals surface area (Å²) in [7, 11) is -1.42. The van der Waals surface area contributed by atoms with Crippen molar-refractivity contribution < 1.29 is 27.1 Å². The highest BCUT2D eigenvalue weighted by atomic mass is 35.5. The molecule has 0 saturated carbocycles. The first-order valence-electron chi connectivity index (χ1n) is 8.20. The number of halogens is 2. The first-order valence-corrected chi connectivity index (χ1v) is 10.0. The minimum absolute atomic E-state index is 0.00120. The summed E-state index contributed by atoms with van der Waals surface area (Å²) in [5.74, 6) is -0.882. The Morgan fingerprint density at radius 3 is 2.36 bits per heavy atom. The molecule has 10 heteroatoms. The lowest BCUT2D eigenvalue weighted by Gasteiger charge is -2.21. The summed E-state index contributed by atoms with van der Waals surface area (Å²) in [4.78, 5) is 12.0. The fourth-order valence-corrected chi connectivity index (χ4v) is 4.29. The van der Waals surface area contributed by atoms with Crippen molar-refractivity contribution in [3.63, 3.8) is 0 Å². The lowest BCUT2D eigenvalue weighted by atomic mass is 10.3. The number of benzene rings is 2. The van der Waals surface area contributed by atoms with Gasteiger partial charge in [0.1, 0.15) is 22.2 Å². The number of likely N-dealkylation sites (N-methyl/N-ethyl adjacent to an activating group) is 1. The number of amides is 1. The molecule has 0 radical (unpaired) electrons. The van der Waals surface area contributed by atoms with Gasteiger partial charge in [-0.15, -0.1) is 0 Å². The van der Waals surface area contributed by atoms with Crippen LogP contribution in [-0.4, -0.2) is 45.9 Å². The molecule has 7 nitrogen and oxygen atoms in total. The molecule has 1 amide bonds. The molecule has 0 saturated heterocycles. The van der Waals surface area contributed by atoms with E-state index in [-0.39, 0.29) is 17.2 Å². The first kappa shape index (κ1) is 21.9. The number of anilines is 1. The van der Waals surface area contributed by atoms with Crippen LogP contribution in [0.1, 0.15) is 6.92 Å². The monoisotopic (exact) mass is 430 g/mol. The Labute approximate surface area is 168 Å². The number of methoxy groups -OCH3 is 2. The summed E-state index contributed by atoms with van der Waals surface area (Å²) >= 11 is 6.01. The van der Waals surface area contributed by atoms with E-state index in [0.717, 1.165) is 16.4 Å². The van der Waals surface area contributed by atoms with Gasteiger partial charge >= 0.3 is 0 Å². The zero-order chi connectivity index (χ0) is 20.9. The van der Waals surface area contributed by atoms with Crippen LogP contribution < -0.4 is 14.8 Å². The molecule has 0 heterocycles. The summed E-state index contributed by atoms with van der Waals surface area (Å²) in [5, 5.41) is 2.87. The number of carbonyl (C=O) groups is 1. The summed E-state index contributed by atoms with van der Waals surface area (Å²) in [6.45, 7) is 1.10. The Balaban J connectivity index is 2.22. The summed E-state index contributed by atoms with van der Waals surface area (Å²) in [6.07, 6.45) is 0. The van der Waals surface area contributed by atoms with Gasteiger partial charge in [-0.05, 0) is 36.4 Å². The van der Waals surface area contributed by atoms with E-state index >= 15 is 0 Å². The zero-order valence-electron chi connectivity index (χ0n) is 15.5. The third kappa shape index (κ3) is 4.92. The standard InChI is InChI=1S/C18H20ClFN2O5S/c1-4-22(28(24,25)17-9-12(20)5-7-16(17)27-3)11-18(23)21-13-6-8-15(26-2)14(19)10-13/h5-10H,4,11H2,1-3H3,(H,21,23). The van der Waals surface area contributed by atoms with Gasteiger partial charge in [-0.2, -0.15) is 4.31 Å². The molecule has 0 unspecified atom stereocenters. The molecular formula is C18H20ClFN2O5S. The highest BCUT2D eigenvalue weighted by Crippen LogP contribution is 2.28. The van der Waals surface area contributed by atoms with Crippen LogP contribution in [0.4, 0.5) is 10.1 Å². The molecular weight excluding hydrogens is 411 g/mol. The zero-order valence-corrected chi connectivity index (χ0v) is 17.1. The van der Waals surface area contributed by atoms with Crippen molar-refractivity contribution in [2.24, 2.45) is 0 Å². The van der Waals surface area contributed by atoms with Gasteiger partial charge in [-0.1, -0.05) is 18.5 Å². The van der Waals surface area contributed by atoms with Gasteiger partial charge in [-0.3, -0.25) is 4.79 Å². The minimum atomic E-state index is -4.16. The minimum Gasteiger partial charge on any atom is -0.495 e. The molecule has 2 rings (SSSR count). The number of nitrogens with one attached hydrogen (secondary N) is 1. The molecule has 0 aliphatic heterocycles. The fraction of sp³-hybridized carbons (Fsp3) is 0.278. The number of rotatable bonds is 8.